The Morgan fingerprint density at radius 2 is 1.40 bits per heavy atom. The predicted molar refractivity (Wildman–Crippen MR) is 66.2 cm³/mol. The van der Waals surface area contributed by atoms with Gasteiger partial charge in [0.05, 0.1) is 23.7 Å². The fourth-order valence-corrected chi connectivity index (χ4v) is 2.10. The molecule has 1 aromatic carbocycles. The standard InChI is InChI=1S/C14H10F9NO/c1-10(25,9-5-3-2-4-8(9)6-24)7-11(15,16)12(17,18)13(19,20)14(21,22)23/h2-5,25H,7H2,1H3. The van der Waals surface area contributed by atoms with Crippen LogP contribution in [0, 0.1) is 11.3 Å². The van der Waals surface area contributed by atoms with Crippen LogP contribution in [0.2, 0.25) is 0 Å². The molecule has 0 saturated carbocycles. The van der Waals surface area contributed by atoms with Crippen LogP contribution < -0.4 is 0 Å². The molecule has 0 radical (unpaired) electrons. The Kier molecular flexibility index (Phi) is 5.13. The van der Waals surface area contributed by atoms with Crippen molar-refractivity contribution in [2.75, 3.05) is 0 Å². The number of nitriles is 1. The summed E-state index contributed by atoms with van der Waals surface area (Å²) in [6.07, 6.45) is -9.41. The van der Waals surface area contributed by atoms with Crippen molar-refractivity contribution in [2.45, 2.75) is 42.9 Å². The quantitative estimate of drug-likeness (QED) is 0.759. The van der Waals surface area contributed by atoms with Gasteiger partial charge in [-0.3, -0.25) is 0 Å². The highest BCUT2D eigenvalue weighted by Gasteiger charge is 2.81. The molecule has 25 heavy (non-hydrogen) atoms. The lowest BCUT2D eigenvalue weighted by Crippen LogP contribution is -2.62. The molecule has 1 rings (SSSR count). The third-order valence-corrected chi connectivity index (χ3v) is 3.40. The summed E-state index contributed by atoms with van der Waals surface area (Å²) < 4.78 is 116. The Morgan fingerprint density at radius 1 is 0.920 bits per heavy atom. The molecule has 1 atom stereocenters. The highest BCUT2D eigenvalue weighted by atomic mass is 19.4. The van der Waals surface area contributed by atoms with E-state index in [1.54, 1.807) is 0 Å². The molecule has 0 fully saturated rings. The molecule has 2 nitrogen and oxygen atoms in total. The Morgan fingerprint density at radius 3 is 1.84 bits per heavy atom. The van der Waals surface area contributed by atoms with Crippen LogP contribution in [0.25, 0.3) is 0 Å². The molecule has 0 aliphatic carbocycles. The van der Waals surface area contributed by atoms with E-state index < -0.39 is 47.1 Å². The van der Waals surface area contributed by atoms with Gasteiger partial charge in [-0.1, -0.05) is 18.2 Å². The molecule has 1 N–H and O–H groups in total. The molecular formula is C14H10F9NO. The van der Waals surface area contributed by atoms with E-state index >= 15 is 0 Å². The monoisotopic (exact) mass is 379 g/mol. The van der Waals surface area contributed by atoms with E-state index in [0.717, 1.165) is 18.2 Å². The maximum atomic E-state index is 13.7. The zero-order chi connectivity index (χ0) is 19.9. The molecule has 0 saturated heterocycles. The highest BCUT2D eigenvalue weighted by molar-refractivity contribution is 5.41. The maximum Gasteiger partial charge on any atom is 0.460 e. The fraction of sp³-hybridized carbons (Fsp3) is 0.500. The van der Waals surface area contributed by atoms with Gasteiger partial charge in [-0.15, -0.1) is 0 Å². The van der Waals surface area contributed by atoms with E-state index in [1.807, 2.05) is 0 Å². The van der Waals surface area contributed by atoms with Crippen LogP contribution in [0.3, 0.4) is 0 Å². The molecule has 0 amide bonds. The van der Waals surface area contributed by atoms with Crippen LogP contribution >= 0.6 is 0 Å². The first-order valence-electron chi connectivity index (χ1n) is 6.43. The molecule has 0 aromatic heterocycles. The summed E-state index contributed by atoms with van der Waals surface area (Å²) in [6, 6.07) is 5.73. The van der Waals surface area contributed by atoms with E-state index in [-0.39, 0.29) is 0 Å². The number of hydrogen-bond donors (Lipinski definition) is 1. The SMILES string of the molecule is CC(O)(CC(F)(F)C(F)(F)C(F)(F)C(F)(F)F)c1ccccc1C#N. The second kappa shape index (κ2) is 6.09. The van der Waals surface area contributed by atoms with Gasteiger partial charge in [-0.05, 0) is 13.0 Å². The summed E-state index contributed by atoms with van der Waals surface area (Å²) in [5.74, 6) is -19.8. The number of benzene rings is 1. The minimum absolute atomic E-state index is 0.436. The van der Waals surface area contributed by atoms with Crippen molar-refractivity contribution in [1.29, 1.82) is 5.26 Å². The van der Waals surface area contributed by atoms with E-state index in [9.17, 15) is 44.6 Å². The molecule has 140 valence electrons. The average Bonchev–Trinajstić information content (AvgIpc) is 2.44. The van der Waals surface area contributed by atoms with Crippen LogP contribution in [0.1, 0.15) is 24.5 Å². The first kappa shape index (κ1) is 21.1. The summed E-state index contributed by atoms with van der Waals surface area (Å²) in [5, 5.41) is 18.8. The van der Waals surface area contributed by atoms with Crippen molar-refractivity contribution < 1.29 is 44.6 Å². The number of halogens is 9. The van der Waals surface area contributed by atoms with Gasteiger partial charge < -0.3 is 5.11 Å². The third-order valence-electron chi connectivity index (χ3n) is 3.40. The lowest BCUT2D eigenvalue weighted by Gasteiger charge is -2.37. The Labute approximate surface area is 135 Å². The van der Waals surface area contributed by atoms with Crippen molar-refractivity contribution in [1.82, 2.24) is 0 Å². The van der Waals surface area contributed by atoms with Crippen LogP contribution in [0.15, 0.2) is 24.3 Å². The molecule has 1 unspecified atom stereocenters. The van der Waals surface area contributed by atoms with Gasteiger partial charge in [-0.25, -0.2) is 0 Å². The number of aliphatic hydroxyl groups is 1. The summed E-state index contributed by atoms with van der Waals surface area (Å²) in [6.45, 7) is 0.499. The fourth-order valence-electron chi connectivity index (χ4n) is 2.10. The molecule has 1 aromatic rings. The summed E-state index contributed by atoms with van der Waals surface area (Å²) in [5.41, 5.74) is -4.04. The maximum absolute atomic E-state index is 13.7. The largest absolute Gasteiger partial charge is 0.460 e. The normalized spacial score (nSPS) is 16.2. The van der Waals surface area contributed by atoms with Gasteiger partial charge in [-0.2, -0.15) is 44.8 Å². The molecule has 0 aliphatic rings. The van der Waals surface area contributed by atoms with E-state index in [0.29, 0.717) is 6.92 Å². The molecule has 0 bridgehead atoms. The Bertz CT molecular complexity index is 674. The van der Waals surface area contributed by atoms with E-state index in [2.05, 4.69) is 0 Å². The second-order valence-electron chi connectivity index (χ2n) is 5.46. The predicted octanol–water partition coefficient (Wildman–Crippen LogP) is 4.62. The zero-order valence-electron chi connectivity index (χ0n) is 12.3. The summed E-state index contributed by atoms with van der Waals surface area (Å²) in [4.78, 5) is 0. The number of nitrogens with zero attached hydrogens (tertiary/aromatic N) is 1. The van der Waals surface area contributed by atoms with Crippen molar-refractivity contribution >= 4 is 0 Å². The van der Waals surface area contributed by atoms with Gasteiger partial charge >= 0.3 is 23.9 Å². The highest BCUT2D eigenvalue weighted by Crippen LogP contribution is 2.55. The average molecular weight is 379 g/mol. The zero-order valence-corrected chi connectivity index (χ0v) is 12.3. The second-order valence-corrected chi connectivity index (χ2v) is 5.46. The Hall–Kier alpha value is -1.96. The van der Waals surface area contributed by atoms with Crippen LogP contribution in [-0.2, 0) is 5.60 Å². The van der Waals surface area contributed by atoms with Crippen LogP contribution in [-0.4, -0.2) is 29.1 Å². The smallest absolute Gasteiger partial charge is 0.385 e. The Balaban J connectivity index is 3.33. The van der Waals surface area contributed by atoms with Gasteiger partial charge in [0.25, 0.3) is 0 Å². The number of alkyl halides is 9. The molecule has 0 heterocycles. The van der Waals surface area contributed by atoms with Gasteiger partial charge in [0.2, 0.25) is 0 Å². The van der Waals surface area contributed by atoms with Crippen molar-refractivity contribution in [2.24, 2.45) is 0 Å². The van der Waals surface area contributed by atoms with Gasteiger partial charge in [0.1, 0.15) is 0 Å². The van der Waals surface area contributed by atoms with E-state index in [4.69, 9.17) is 5.26 Å². The first-order chi connectivity index (χ1) is 11.0. The van der Waals surface area contributed by atoms with Crippen molar-refractivity contribution in [3.05, 3.63) is 35.4 Å². The first-order valence-corrected chi connectivity index (χ1v) is 6.43. The van der Waals surface area contributed by atoms with Crippen molar-refractivity contribution in [3.63, 3.8) is 0 Å². The van der Waals surface area contributed by atoms with Crippen LogP contribution in [0.4, 0.5) is 39.5 Å². The number of rotatable bonds is 5. The van der Waals surface area contributed by atoms with Crippen molar-refractivity contribution in [3.8, 4) is 6.07 Å². The van der Waals surface area contributed by atoms with Gasteiger partial charge in [0.15, 0.2) is 0 Å². The molecule has 11 heteroatoms. The van der Waals surface area contributed by atoms with E-state index in [1.165, 1.54) is 12.1 Å². The van der Waals surface area contributed by atoms with Gasteiger partial charge in [0, 0.05) is 5.56 Å². The third kappa shape index (κ3) is 3.53. The lowest BCUT2D eigenvalue weighted by atomic mass is 9.84. The summed E-state index contributed by atoms with van der Waals surface area (Å²) in [7, 11) is 0. The number of hydrogen-bond acceptors (Lipinski definition) is 2. The minimum atomic E-state index is -7.03. The van der Waals surface area contributed by atoms with Crippen LogP contribution in [0.5, 0.6) is 0 Å². The summed E-state index contributed by atoms with van der Waals surface area (Å²) >= 11 is 0. The molecular weight excluding hydrogens is 369 g/mol. The lowest BCUT2D eigenvalue weighted by molar-refractivity contribution is -0.400. The molecule has 0 aliphatic heterocycles. The minimum Gasteiger partial charge on any atom is -0.385 e. The topological polar surface area (TPSA) is 44.0 Å². The molecule has 0 spiro atoms.